The highest BCUT2D eigenvalue weighted by Crippen LogP contribution is 2.32. The first kappa shape index (κ1) is 13.7. The lowest BCUT2D eigenvalue weighted by molar-refractivity contribution is -0.130. The molecule has 1 amide bonds. The number of nitrogens with one attached hydrogen (secondary N) is 1. The number of primary amides is 1. The van der Waals surface area contributed by atoms with Gasteiger partial charge >= 0.3 is 0 Å². The molecule has 0 aromatic carbocycles. The highest BCUT2D eigenvalue weighted by Gasteiger charge is 2.37. The lowest BCUT2D eigenvalue weighted by Crippen LogP contribution is -2.46. The van der Waals surface area contributed by atoms with E-state index in [9.17, 15) is 4.79 Å². The molecule has 0 unspecified atom stereocenters. The van der Waals surface area contributed by atoms with Crippen molar-refractivity contribution in [3.63, 3.8) is 0 Å². The van der Waals surface area contributed by atoms with Crippen molar-refractivity contribution in [2.75, 3.05) is 26.8 Å². The molecule has 84 valence electrons. The first-order valence-corrected chi connectivity index (χ1v) is 4.71. The summed E-state index contributed by atoms with van der Waals surface area (Å²) in [4.78, 5) is 11.3. The Hall–Kier alpha value is -0.320. The average molecular weight is 223 g/mol. The Labute approximate surface area is 91.0 Å². The Kier molecular flexibility index (Phi) is 6.08. The molecule has 1 saturated heterocycles. The van der Waals surface area contributed by atoms with E-state index < -0.39 is 0 Å². The molecule has 0 spiro atoms. The topological polar surface area (TPSA) is 64.3 Å². The first-order valence-electron chi connectivity index (χ1n) is 4.71. The number of methoxy groups -OCH3 is 1. The summed E-state index contributed by atoms with van der Waals surface area (Å²) < 4.78 is 4.99. The number of ether oxygens (including phenoxy) is 1. The van der Waals surface area contributed by atoms with Crippen LogP contribution in [0.4, 0.5) is 0 Å². The van der Waals surface area contributed by atoms with Gasteiger partial charge in [-0.3, -0.25) is 4.79 Å². The fraction of sp³-hybridized carbons (Fsp3) is 0.889. The number of hydrogen-bond acceptors (Lipinski definition) is 3. The van der Waals surface area contributed by atoms with Crippen LogP contribution in [0.2, 0.25) is 0 Å². The van der Waals surface area contributed by atoms with E-state index in [0.29, 0.717) is 6.61 Å². The molecule has 1 fully saturated rings. The summed E-state index contributed by atoms with van der Waals surface area (Å²) in [5.41, 5.74) is 5.10. The van der Waals surface area contributed by atoms with Crippen molar-refractivity contribution in [2.24, 2.45) is 11.1 Å². The fourth-order valence-electron chi connectivity index (χ4n) is 1.82. The summed E-state index contributed by atoms with van der Waals surface area (Å²) in [5, 5.41) is 3.22. The standard InChI is InChI=1S/C9H18N2O2.ClH/c1-13-7-4-9(8(10)12)2-5-11-6-3-9;/h11H,2-7H2,1H3,(H2,10,12);1H. The van der Waals surface area contributed by atoms with E-state index >= 15 is 0 Å². The number of rotatable bonds is 4. The lowest BCUT2D eigenvalue weighted by atomic mass is 9.76. The molecule has 0 saturated carbocycles. The van der Waals surface area contributed by atoms with Crippen molar-refractivity contribution < 1.29 is 9.53 Å². The van der Waals surface area contributed by atoms with E-state index in [0.717, 1.165) is 32.4 Å². The molecule has 1 rings (SSSR count). The monoisotopic (exact) mass is 222 g/mol. The van der Waals surface area contributed by atoms with Crippen LogP contribution in [0, 0.1) is 5.41 Å². The predicted octanol–water partition coefficient (Wildman–Crippen LogP) is 0.300. The van der Waals surface area contributed by atoms with Gasteiger partial charge in [0.1, 0.15) is 0 Å². The SMILES string of the molecule is COCCC1(C(N)=O)CCNCC1.Cl. The van der Waals surface area contributed by atoms with Crippen LogP contribution in [0.5, 0.6) is 0 Å². The normalized spacial score (nSPS) is 19.8. The highest BCUT2D eigenvalue weighted by atomic mass is 35.5. The zero-order chi connectivity index (χ0) is 9.73. The smallest absolute Gasteiger partial charge is 0.223 e. The summed E-state index contributed by atoms with van der Waals surface area (Å²) in [6, 6.07) is 0. The Morgan fingerprint density at radius 2 is 2.07 bits per heavy atom. The quantitative estimate of drug-likeness (QED) is 0.719. The van der Waals surface area contributed by atoms with E-state index in [1.165, 1.54) is 0 Å². The van der Waals surface area contributed by atoms with Gasteiger partial charge in [0.05, 0.1) is 5.41 Å². The van der Waals surface area contributed by atoms with Gasteiger partial charge in [0.25, 0.3) is 0 Å². The molecule has 0 aromatic rings. The van der Waals surface area contributed by atoms with Crippen LogP contribution in [-0.2, 0) is 9.53 Å². The Morgan fingerprint density at radius 3 is 2.50 bits per heavy atom. The Bertz CT molecular complexity index is 182. The van der Waals surface area contributed by atoms with Crippen molar-refractivity contribution in [2.45, 2.75) is 19.3 Å². The summed E-state index contributed by atoms with van der Waals surface area (Å²) in [5.74, 6) is -0.175. The predicted molar refractivity (Wildman–Crippen MR) is 57.5 cm³/mol. The highest BCUT2D eigenvalue weighted by molar-refractivity contribution is 5.85. The first-order chi connectivity index (χ1) is 6.21. The third-order valence-electron chi connectivity index (χ3n) is 2.87. The van der Waals surface area contributed by atoms with Gasteiger partial charge in [0, 0.05) is 13.7 Å². The molecule has 4 nitrogen and oxygen atoms in total. The molecule has 0 bridgehead atoms. The minimum Gasteiger partial charge on any atom is -0.385 e. The molecule has 3 N–H and O–H groups in total. The maximum atomic E-state index is 11.3. The molecule has 0 radical (unpaired) electrons. The van der Waals surface area contributed by atoms with Gasteiger partial charge in [-0.1, -0.05) is 0 Å². The van der Waals surface area contributed by atoms with E-state index in [2.05, 4.69) is 5.32 Å². The molecule has 1 heterocycles. The molecule has 1 aliphatic rings. The van der Waals surface area contributed by atoms with Gasteiger partial charge in [-0.2, -0.15) is 0 Å². The van der Waals surface area contributed by atoms with Crippen LogP contribution < -0.4 is 11.1 Å². The van der Waals surface area contributed by atoms with Crippen LogP contribution >= 0.6 is 12.4 Å². The minimum absolute atomic E-state index is 0. The molecule has 0 aromatic heterocycles. The maximum Gasteiger partial charge on any atom is 0.223 e. The van der Waals surface area contributed by atoms with Crippen LogP contribution in [0.1, 0.15) is 19.3 Å². The third kappa shape index (κ3) is 3.12. The van der Waals surface area contributed by atoms with Gasteiger partial charge < -0.3 is 15.8 Å². The van der Waals surface area contributed by atoms with Gasteiger partial charge in [-0.05, 0) is 32.4 Å². The number of halogens is 1. The summed E-state index contributed by atoms with van der Waals surface area (Å²) >= 11 is 0. The van der Waals surface area contributed by atoms with Gasteiger partial charge in [0.15, 0.2) is 0 Å². The summed E-state index contributed by atoms with van der Waals surface area (Å²) in [7, 11) is 1.65. The van der Waals surface area contributed by atoms with Crippen molar-refractivity contribution in [1.82, 2.24) is 5.32 Å². The molecule has 0 aliphatic carbocycles. The molecular weight excluding hydrogens is 204 g/mol. The van der Waals surface area contributed by atoms with E-state index in [1.807, 2.05) is 0 Å². The van der Waals surface area contributed by atoms with Gasteiger partial charge in [-0.25, -0.2) is 0 Å². The number of piperidine rings is 1. The van der Waals surface area contributed by atoms with Crippen LogP contribution in [0.15, 0.2) is 0 Å². The van der Waals surface area contributed by atoms with E-state index in [-0.39, 0.29) is 23.7 Å². The summed E-state index contributed by atoms with van der Waals surface area (Å²) in [6.07, 6.45) is 2.43. The van der Waals surface area contributed by atoms with Gasteiger partial charge in [0.2, 0.25) is 5.91 Å². The summed E-state index contributed by atoms with van der Waals surface area (Å²) in [6.45, 7) is 2.38. The van der Waals surface area contributed by atoms with Crippen molar-refractivity contribution in [1.29, 1.82) is 0 Å². The zero-order valence-corrected chi connectivity index (χ0v) is 9.36. The average Bonchev–Trinajstić information content (AvgIpc) is 2.16. The van der Waals surface area contributed by atoms with Gasteiger partial charge in [-0.15, -0.1) is 12.4 Å². The minimum atomic E-state index is -0.318. The molecular formula is C9H19ClN2O2. The number of carbonyl (C=O) groups is 1. The van der Waals surface area contributed by atoms with Crippen LogP contribution in [-0.4, -0.2) is 32.7 Å². The van der Waals surface area contributed by atoms with Crippen molar-refractivity contribution in [3.8, 4) is 0 Å². The van der Waals surface area contributed by atoms with E-state index in [1.54, 1.807) is 7.11 Å². The lowest BCUT2D eigenvalue weighted by Gasteiger charge is -2.34. The molecule has 14 heavy (non-hydrogen) atoms. The number of nitrogens with two attached hydrogens (primary N) is 1. The largest absolute Gasteiger partial charge is 0.385 e. The Morgan fingerprint density at radius 1 is 1.50 bits per heavy atom. The van der Waals surface area contributed by atoms with Crippen LogP contribution in [0.25, 0.3) is 0 Å². The number of carbonyl (C=O) groups excluding carboxylic acids is 1. The second-order valence-corrected chi connectivity index (χ2v) is 3.64. The molecule has 0 atom stereocenters. The van der Waals surface area contributed by atoms with Crippen molar-refractivity contribution >= 4 is 18.3 Å². The maximum absolute atomic E-state index is 11.3. The van der Waals surface area contributed by atoms with Crippen LogP contribution in [0.3, 0.4) is 0 Å². The van der Waals surface area contributed by atoms with E-state index in [4.69, 9.17) is 10.5 Å². The Balaban J connectivity index is 0.00000169. The molecule has 1 aliphatic heterocycles. The second-order valence-electron chi connectivity index (χ2n) is 3.64. The second kappa shape index (κ2) is 6.22. The van der Waals surface area contributed by atoms with Crippen molar-refractivity contribution in [3.05, 3.63) is 0 Å². The fourth-order valence-corrected chi connectivity index (χ4v) is 1.82. The number of hydrogen-bond donors (Lipinski definition) is 2. The third-order valence-corrected chi connectivity index (χ3v) is 2.87. The zero-order valence-electron chi connectivity index (χ0n) is 8.54. The molecule has 5 heteroatoms. The number of amides is 1.